The van der Waals surface area contributed by atoms with Crippen LogP contribution in [0.1, 0.15) is 40.5 Å². The van der Waals surface area contributed by atoms with Gasteiger partial charge in [0.25, 0.3) is 11.8 Å². The van der Waals surface area contributed by atoms with E-state index in [2.05, 4.69) is 10.3 Å². The van der Waals surface area contributed by atoms with Gasteiger partial charge in [0.05, 0.1) is 17.5 Å². The lowest BCUT2D eigenvalue weighted by molar-refractivity contribution is 0.0518. The standard InChI is InChI=1S/C23H28N6O4/c1-4-17-20(26(3)23(32)24-5-2)29-15-16(8-9-19(29)25-17)21(30)27-10-12-28(13-11-27)22(31)18-7-6-14-33-18/h6-9,14-15H,4-5,10-13H2,1-3H3,(H,24,32). The fourth-order valence-corrected chi connectivity index (χ4v) is 4.02. The van der Waals surface area contributed by atoms with Crippen molar-refractivity contribution in [2.45, 2.75) is 20.3 Å². The molecule has 4 heterocycles. The highest BCUT2D eigenvalue weighted by Gasteiger charge is 2.27. The van der Waals surface area contributed by atoms with Crippen molar-refractivity contribution in [2.75, 3.05) is 44.7 Å². The Hall–Kier alpha value is -3.82. The number of rotatable bonds is 5. The summed E-state index contributed by atoms with van der Waals surface area (Å²) < 4.78 is 6.98. The van der Waals surface area contributed by atoms with Crippen LogP contribution < -0.4 is 10.2 Å². The van der Waals surface area contributed by atoms with Crippen LogP contribution >= 0.6 is 0 Å². The van der Waals surface area contributed by atoms with E-state index in [1.807, 2.05) is 13.8 Å². The van der Waals surface area contributed by atoms with Crippen molar-refractivity contribution < 1.29 is 18.8 Å². The van der Waals surface area contributed by atoms with Gasteiger partial charge in [0, 0.05) is 46.0 Å². The first-order valence-corrected chi connectivity index (χ1v) is 11.1. The molecule has 4 rings (SSSR count). The van der Waals surface area contributed by atoms with Crippen LogP contribution in [-0.2, 0) is 6.42 Å². The third-order valence-electron chi connectivity index (χ3n) is 5.78. The Morgan fingerprint density at radius 2 is 1.76 bits per heavy atom. The molecule has 10 heteroatoms. The lowest BCUT2D eigenvalue weighted by Crippen LogP contribution is -2.50. The van der Waals surface area contributed by atoms with Gasteiger partial charge >= 0.3 is 6.03 Å². The van der Waals surface area contributed by atoms with E-state index in [0.29, 0.717) is 61.9 Å². The van der Waals surface area contributed by atoms with Gasteiger partial charge in [-0.2, -0.15) is 0 Å². The Bertz CT molecular complexity index is 1160. The third kappa shape index (κ3) is 4.28. The summed E-state index contributed by atoms with van der Waals surface area (Å²) >= 11 is 0. The summed E-state index contributed by atoms with van der Waals surface area (Å²) in [4.78, 5) is 47.7. The van der Waals surface area contributed by atoms with Crippen LogP contribution in [0.3, 0.4) is 0 Å². The number of carbonyl (C=O) groups is 3. The summed E-state index contributed by atoms with van der Waals surface area (Å²) in [5.41, 5.74) is 1.95. The Morgan fingerprint density at radius 3 is 2.36 bits per heavy atom. The van der Waals surface area contributed by atoms with Gasteiger partial charge in [0.2, 0.25) is 0 Å². The van der Waals surface area contributed by atoms with Gasteiger partial charge in [0.15, 0.2) is 5.76 Å². The molecular formula is C23H28N6O4. The van der Waals surface area contributed by atoms with Gasteiger partial charge < -0.3 is 19.5 Å². The maximum Gasteiger partial charge on any atom is 0.322 e. The van der Waals surface area contributed by atoms with Gasteiger partial charge in [-0.3, -0.25) is 18.9 Å². The third-order valence-corrected chi connectivity index (χ3v) is 5.78. The number of imidazole rings is 1. The molecule has 1 aliphatic heterocycles. The van der Waals surface area contributed by atoms with E-state index in [9.17, 15) is 14.4 Å². The number of urea groups is 1. The number of aromatic nitrogens is 2. The number of anilines is 1. The van der Waals surface area contributed by atoms with E-state index in [4.69, 9.17) is 4.42 Å². The molecule has 0 saturated carbocycles. The van der Waals surface area contributed by atoms with Crippen LogP contribution in [0.2, 0.25) is 0 Å². The quantitative estimate of drug-likeness (QED) is 0.640. The Kier molecular flexibility index (Phi) is 6.34. The molecule has 1 N–H and O–H groups in total. The molecule has 174 valence electrons. The van der Waals surface area contributed by atoms with Crippen molar-refractivity contribution in [3.63, 3.8) is 0 Å². The number of nitrogens with one attached hydrogen (secondary N) is 1. The lowest BCUT2D eigenvalue weighted by Gasteiger charge is -2.34. The van der Waals surface area contributed by atoms with Gasteiger partial charge in [0.1, 0.15) is 11.5 Å². The highest BCUT2D eigenvalue weighted by atomic mass is 16.3. The molecule has 33 heavy (non-hydrogen) atoms. The van der Waals surface area contributed by atoms with Crippen LogP contribution in [0.4, 0.5) is 10.6 Å². The summed E-state index contributed by atoms with van der Waals surface area (Å²) in [5.74, 6) is 0.648. The molecule has 3 aromatic rings. The van der Waals surface area contributed by atoms with Crippen LogP contribution in [0, 0.1) is 0 Å². The molecule has 0 aliphatic carbocycles. The fourth-order valence-electron chi connectivity index (χ4n) is 4.02. The number of amides is 4. The average Bonchev–Trinajstić information content (AvgIpc) is 3.50. The molecule has 0 spiro atoms. The number of nitrogens with zero attached hydrogens (tertiary/aromatic N) is 5. The number of aryl methyl sites for hydroxylation is 1. The first kappa shape index (κ1) is 22.4. The summed E-state index contributed by atoms with van der Waals surface area (Å²) in [7, 11) is 1.69. The minimum atomic E-state index is -0.233. The van der Waals surface area contributed by atoms with Gasteiger partial charge in [-0.25, -0.2) is 9.78 Å². The first-order valence-electron chi connectivity index (χ1n) is 11.1. The van der Waals surface area contributed by atoms with E-state index >= 15 is 0 Å². The fraction of sp³-hybridized carbons (Fsp3) is 0.391. The van der Waals surface area contributed by atoms with Gasteiger partial charge in [-0.05, 0) is 37.6 Å². The van der Waals surface area contributed by atoms with Crippen LogP contribution in [0.25, 0.3) is 5.65 Å². The second-order valence-electron chi connectivity index (χ2n) is 7.84. The van der Waals surface area contributed by atoms with E-state index in [-0.39, 0.29) is 17.8 Å². The molecule has 10 nitrogen and oxygen atoms in total. The summed E-state index contributed by atoms with van der Waals surface area (Å²) in [5, 5.41) is 2.79. The van der Waals surface area contributed by atoms with Crippen molar-refractivity contribution in [3.8, 4) is 0 Å². The van der Waals surface area contributed by atoms with Crippen molar-refractivity contribution in [1.29, 1.82) is 0 Å². The van der Waals surface area contributed by atoms with Crippen LogP contribution in [-0.4, -0.2) is 76.8 Å². The zero-order valence-electron chi connectivity index (χ0n) is 19.1. The molecule has 1 aliphatic rings. The maximum absolute atomic E-state index is 13.2. The number of pyridine rings is 1. The van der Waals surface area contributed by atoms with Gasteiger partial charge in [-0.1, -0.05) is 6.92 Å². The smallest absolute Gasteiger partial charge is 0.322 e. The molecular weight excluding hydrogens is 424 g/mol. The lowest BCUT2D eigenvalue weighted by atomic mass is 10.2. The molecule has 1 fully saturated rings. The van der Waals surface area contributed by atoms with Crippen LogP contribution in [0.15, 0.2) is 41.1 Å². The summed E-state index contributed by atoms with van der Waals surface area (Å²) in [6.07, 6.45) is 3.85. The first-order chi connectivity index (χ1) is 15.9. The molecule has 0 atom stereocenters. The normalized spacial score (nSPS) is 13.9. The molecule has 0 aromatic carbocycles. The van der Waals surface area contributed by atoms with E-state index < -0.39 is 0 Å². The van der Waals surface area contributed by atoms with Crippen molar-refractivity contribution in [2.24, 2.45) is 0 Å². The average molecular weight is 453 g/mol. The van der Waals surface area contributed by atoms with Crippen LogP contribution in [0.5, 0.6) is 0 Å². The minimum absolute atomic E-state index is 0.125. The topological polar surface area (TPSA) is 103 Å². The molecule has 3 aromatic heterocycles. The Labute approximate surface area is 191 Å². The molecule has 0 bridgehead atoms. The molecule has 1 saturated heterocycles. The van der Waals surface area contributed by atoms with E-state index in [0.717, 1.165) is 5.69 Å². The summed E-state index contributed by atoms with van der Waals surface area (Å²) in [6.45, 7) is 6.08. The van der Waals surface area contributed by atoms with E-state index in [1.165, 1.54) is 11.2 Å². The minimum Gasteiger partial charge on any atom is -0.459 e. The second-order valence-corrected chi connectivity index (χ2v) is 7.84. The van der Waals surface area contributed by atoms with Crippen molar-refractivity contribution >= 4 is 29.3 Å². The highest BCUT2D eigenvalue weighted by molar-refractivity contribution is 5.96. The highest BCUT2D eigenvalue weighted by Crippen LogP contribution is 2.24. The Morgan fingerprint density at radius 1 is 1.06 bits per heavy atom. The molecule has 0 unspecified atom stereocenters. The largest absolute Gasteiger partial charge is 0.459 e. The molecule has 4 amide bonds. The summed E-state index contributed by atoms with van der Waals surface area (Å²) in [6, 6.07) is 6.63. The molecule has 0 radical (unpaired) electrons. The zero-order chi connectivity index (χ0) is 23.5. The number of piperazine rings is 1. The van der Waals surface area contributed by atoms with Crippen molar-refractivity contribution in [3.05, 3.63) is 53.7 Å². The number of furan rings is 1. The van der Waals surface area contributed by atoms with Gasteiger partial charge in [-0.15, -0.1) is 0 Å². The number of carbonyl (C=O) groups excluding carboxylic acids is 3. The maximum atomic E-state index is 13.2. The zero-order valence-corrected chi connectivity index (χ0v) is 19.1. The second kappa shape index (κ2) is 9.35. The number of fused-ring (bicyclic) bond motifs is 1. The predicted molar refractivity (Wildman–Crippen MR) is 123 cm³/mol. The number of hydrogen-bond acceptors (Lipinski definition) is 5. The van der Waals surface area contributed by atoms with Crippen molar-refractivity contribution in [1.82, 2.24) is 24.5 Å². The predicted octanol–water partition coefficient (Wildman–Crippen LogP) is 2.25. The van der Waals surface area contributed by atoms with E-state index in [1.54, 1.807) is 51.7 Å². The Balaban J connectivity index is 1.54. The SMILES string of the molecule is CCNC(=O)N(C)c1c(CC)nc2ccc(C(=O)N3CCN(C(=O)c4ccco4)CC3)cn12. The number of hydrogen-bond donors (Lipinski definition) is 1. The monoisotopic (exact) mass is 452 g/mol.